The van der Waals surface area contributed by atoms with Crippen molar-refractivity contribution in [2.24, 2.45) is 5.41 Å². The SMILES string of the molecule is COc1ccccc1-c1noc(CCC(=O)N2CCC[C@]3(CCC[C@H]3O)C2)n1. The highest BCUT2D eigenvalue weighted by atomic mass is 16.5. The van der Waals surface area contributed by atoms with Crippen molar-refractivity contribution in [2.45, 2.75) is 51.0 Å². The lowest BCUT2D eigenvalue weighted by Crippen LogP contribution is -2.49. The monoisotopic (exact) mass is 385 g/mol. The molecule has 0 radical (unpaired) electrons. The number of aromatic nitrogens is 2. The first-order valence-electron chi connectivity index (χ1n) is 10.0. The Kier molecular flexibility index (Phi) is 5.35. The van der Waals surface area contributed by atoms with Crippen LogP contribution in [-0.4, -0.2) is 52.4 Å². The van der Waals surface area contributed by atoms with Gasteiger partial charge in [0, 0.05) is 31.3 Å². The first-order valence-corrected chi connectivity index (χ1v) is 10.0. The summed E-state index contributed by atoms with van der Waals surface area (Å²) < 4.78 is 10.7. The van der Waals surface area contributed by atoms with Crippen molar-refractivity contribution in [2.75, 3.05) is 20.2 Å². The number of benzene rings is 1. The largest absolute Gasteiger partial charge is 0.496 e. The number of hydrogen-bond donors (Lipinski definition) is 1. The van der Waals surface area contributed by atoms with Gasteiger partial charge in [-0.2, -0.15) is 4.98 Å². The maximum Gasteiger partial charge on any atom is 0.227 e. The molecule has 1 aromatic carbocycles. The number of aliphatic hydroxyl groups is 1. The Bertz CT molecular complexity index is 837. The molecule has 2 heterocycles. The number of likely N-dealkylation sites (tertiary alicyclic amines) is 1. The lowest BCUT2D eigenvalue weighted by molar-refractivity contribution is -0.136. The smallest absolute Gasteiger partial charge is 0.227 e. The van der Waals surface area contributed by atoms with Crippen molar-refractivity contribution >= 4 is 5.91 Å². The maximum atomic E-state index is 12.7. The molecule has 7 heteroatoms. The highest BCUT2D eigenvalue weighted by Gasteiger charge is 2.45. The van der Waals surface area contributed by atoms with Gasteiger partial charge in [0.1, 0.15) is 5.75 Å². The van der Waals surface area contributed by atoms with E-state index >= 15 is 0 Å². The molecule has 28 heavy (non-hydrogen) atoms. The van der Waals surface area contributed by atoms with Gasteiger partial charge in [-0.15, -0.1) is 0 Å². The Morgan fingerprint density at radius 1 is 1.36 bits per heavy atom. The summed E-state index contributed by atoms with van der Waals surface area (Å²) >= 11 is 0. The van der Waals surface area contributed by atoms with Crippen LogP contribution in [0.5, 0.6) is 5.75 Å². The average molecular weight is 385 g/mol. The van der Waals surface area contributed by atoms with Crippen molar-refractivity contribution in [3.63, 3.8) is 0 Å². The number of nitrogens with zero attached hydrogens (tertiary/aromatic N) is 3. The Hall–Kier alpha value is -2.41. The van der Waals surface area contributed by atoms with Crippen LogP contribution in [0.3, 0.4) is 0 Å². The molecule has 2 fully saturated rings. The third-order valence-corrected chi connectivity index (χ3v) is 6.19. The zero-order valence-corrected chi connectivity index (χ0v) is 16.3. The van der Waals surface area contributed by atoms with Gasteiger partial charge >= 0.3 is 0 Å². The number of ether oxygens (including phenoxy) is 1. The standard InChI is InChI=1S/C21H27N3O4/c1-27-16-7-3-2-6-15(16)20-22-18(28-23-20)9-10-19(26)24-13-5-12-21(14-24)11-4-8-17(21)25/h2-3,6-7,17,25H,4-5,8-14H2,1H3/t17-,21-/m1/s1. The zero-order chi connectivity index (χ0) is 19.6. The van der Waals surface area contributed by atoms with Gasteiger partial charge in [-0.1, -0.05) is 23.7 Å². The normalized spacial score (nSPS) is 24.6. The van der Waals surface area contributed by atoms with Crippen LogP contribution in [0.1, 0.15) is 44.4 Å². The number of amides is 1. The molecule has 1 saturated heterocycles. The molecule has 1 aromatic heterocycles. The van der Waals surface area contributed by atoms with Crippen molar-refractivity contribution in [1.29, 1.82) is 0 Å². The predicted octanol–water partition coefficient (Wildman–Crippen LogP) is 2.83. The third-order valence-electron chi connectivity index (χ3n) is 6.19. The van der Waals surface area contributed by atoms with Crippen LogP contribution >= 0.6 is 0 Å². The van der Waals surface area contributed by atoms with E-state index in [2.05, 4.69) is 10.1 Å². The Morgan fingerprint density at radius 2 is 2.18 bits per heavy atom. The second-order valence-electron chi connectivity index (χ2n) is 7.90. The van der Waals surface area contributed by atoms with Crippen molar-refractivity contribution in [3.05, 3.63) is 30.2 Å². The second kappa shape index (κ2) is 7.91. The fraction of sp³-hybridized carbons (Fsp3) is 0.571. The van der Waals surface area contributed by atoms with Crippen LogP contribution in [0.2, 0.25) is 0 Å². The summed E-state index contributed by atoms with van der Waals surface area (Å²) in [5.74, 6) is 1.68. The average Bonchev–Trinajstić information content (AvgIpc) is 3.33. The molecule has 2 aromatic rings. The fourth-order valence-electron chi connectivity index (χ4n) is 4.64. The van der Waals surface area contributed by atoms with Crippen LogP contribution in [-0.2, 0) is 11.2 Å². The lowest BCUT2D eigenvalue weighted by Gasteiger charge is -2.42. The van der Waals surface area contributed by atoms with Gasteiger partial charge in [0.25, 0.3) is 0 Å². The van der Waals surface area contributed by atoms with Gasteiger partial charge in [0.05, 0.1) is 18.8 Å². The van der Waals surface area contributed by atoms with E-state index in [0.717, 1.165) is 44.2 Å². The number of piperidine rings is 1. The molecule has 0 bridgehead atoms. The molecule has 1 spiro atoms. The topological polar surface area (TPSA) is 88.7 Å². The summed E-state index contributed by atoms with van der Waals surface area (Å²) in [6, 6.07) is 7.49. The first-order chi connectivity index (χ1) is 13.6. The minimum absolute atomic E-state index is 0.0879. The summed E-state index contributed by atoms with van der Waals surface area (Å²) in [4.78, 5) is 19.1. The number of aliphatic hydroxyl groups excluding tert-OH is 1. The summed E-state index contributed by atoms with van der Waals surface area (Å²) in [6.07, 6.45) is 5.37. The number of hydrogen-bond acceptors (Lipinski definition) is 6. The fourth-order valence-corrected chi connectivity index (χ4v) is 4.64. The number of aryl methyl sites for hydroxylation is 1. The molecule has 1 amide bonds. The number of carbonyl (C=O) groups is 1. The minimum atomic E-state index is -0.276. The Balaban J connectivity index is 1.37. The van der Waals surface area contributed by atoms with Crippen LogP contribution in [0.15, 0.2) is 28.8 Å². The van der Waals surface area contributed by atoms with Gasteiger partial charge in [-0.3, -0.25) is 4.79 Å². The predicted molar refractivity (Wildman–Crippen MR) is 103 cm³/mol. The maximum absolute atomic E-state index is 12.7. The molecule has 1 aliphatic carbocycles. The summed E-state index contributed by atoms with van der Waals surface area (Å²) in [5.41, 5.74) is 0.676. The molecular formula is C21H27N3O4. The van der Waals surface area contributed by atoms with E-state index in [9.17, 15) is 9.90 Å². The first kappa shape index (κ1) is 18.9. The number of para-hydroxylation sites is 1. The number of carbonyl (C=O) groups excluding carboxylic acids is 1. The van der Waals surface area contributed by atoms with Gasteiger partial charge < -0.3 is 19.3 Å². The van der Waals surface area contributed by atoms with Gasteiger partial charge in [-0.25, -0.2) is 0 Å². The van der Waals surface area contributed by atoms with Crippen LogP contribution < -0.4 is 4.74 Å². The highest BCUT2D eigenvalue weighted by molar-refractivity contribution is 5.76. The number of methoxy groups -OCH3 is 1. The third kappa shape index (κ3) is 3.63. The molecule has 1 N–H and O–H groups in total. The molecule has 1 aliphatic heterocycles. The van der Waals surface area contributed by atoms with Crippen molar-refractivity contribution < 1.29 is 19.2 Å². The van der Waals surface area contributed by atoms with E-state index in [4.69, 9.17) is 9.26 Å². The van der Waals surface area contributed by atoms with E-state index in [1.165, 1.54) is 0 Å². The van der Waals surface area contributed by atoms with E-state index < -0.39 is 0 Å². The Morgan fingerprint density at radius 3 is 2.96 bits per heavy atom. The van der Waals surface area contributed by atoms with Crippen LogP contribution in [0.4, 0.5) is 0 Å². The van der Waals surface area contributed by atoms with Gasteiger partial charge in [0.2, 0.25) is 17.6 Å². The number of rotatable bonds is 5. The summed E-state index contributed by atoms with van der Waals surface area (Å²) in [7, 11) is 1.60. The molecule has 150 valence electrons. The van der Waals surface area contributed by atoms with Crippen LogP contribution in [0, 0.1) is 5.41 Å². The quantitative estimate of drug-likeness (QED) is 0.851. The molecule has 7 nitrogen and oxygen atoms in total. The van der Waals surface area contributed by atoms with E-state index in [1.54, 1.807) is 7.11 Å². The molecule has 4 rings (SSSR count). The second-order valence-corrected chi connectivity index (χ2v) is 7.90. The van der Waals surface area contributed by atoms with Gasteiger partial charge in [0.15, 0.2) is 0 Å². The highest BCUT2D eigenvalue weighted by Crippen LogP contribution is 2.45. The summed E-state index contributed by atoms with van der Waals surface area (Å²) in [6.45, 7) is 1.44. The van der Waals surface area contributed by atoms with Crippen LogP contribution in [0.25, 0.3) is 11.4 Å². The molecule has 2 atom stereocenters. The molecule has 0 unspecified atom stereocenters. The molecule has 2 aliphatic rings. The van der Waals surface area contributed by atoms with Crippen molar-refractivity contribution in [3.8, 4) is 17.1 Å². The summed E-state index contributed by atoms with van der Waals surface area (Å²) in [5, 5.41) is 14.4. The minimum Gasteiger partial charge on any atom is -0.496 e. The molecule has 1 saturated carbocycles. The zero-order valence-electron chi connectivity index (χ0n) is 16.3. The van der Waals surface area contributed by atoms with E-state index in [-0.39, 0.29) is 17.4 Å². The van der Waals surface area contributed by atoms with Crippen molar-refractivity contribution in [1.82, 2.24) is 15.0 Å². The Labute approximate surface area is 164 Å². The van der Waals surface area contributed by atoms with E-state index in [0.29, 0.717) is 36.9 Å². The van der Waals surface area contributed by atoms with E-state index in [1.807, 2.05) is 29.2 Å². The van der Waals surface area contributed by atoms with Gasteiger partial charge in [-0.05, 0) is 37.8 Å². The molecular weight excluding hydrogens is 358 g/mol. The lowest BCUT2D eigenvalue weighted by atomic mass is 9.76.